The van der Waals surface area contributed by atoms with Crippen molar-refractivity contribution in [2.24, 2.45) is 0 Å². The van der Waals surface area contributed by atoms with Crippen molar-refractivity contribution >= 4 is 17.1 Å². The van der Waals surface area contributed by atoms with Crippen LogP contribution in [0.4, 0.5) is 24.7 Å². The van der Waals surface area contributed by atoms with E-state index >= 15 is 0 Å². The molecular formula is C15H14F3N5. The molecule has 0 bridgehead atoms. The number of pyridine rings is 1. The highest BCUT2D eigenvalue weighted by molar-refractivity contribution is 5.74. The van der Waals surface area contributed by atoms with Crippen molar-refractivity contribution < 1.29 is 13.2 Å². The van der Waals surface area contributed by atoms with Gasteiger partial charge in [0.2, 0.25) is 0 Å². The minimum Gasteiger partial charge on any atom is -0.337 e. The molecule has 0 amide bonds. The zero-order valence-corrected chi connectivity index (χ0v) is 12.1. The summed E-state index contributed by atoms with van der Waals surface area (Å²) in [7, 11) is 0. The van der Waals surface area contributed by atoms with Gasteiger partial charge in [0.05, 0.1) is 11.9 Å². The Labute approximate surface area is 130 Å². The Morgan fingerprint density at radius 2 is 1.91 bits per heavy atom. The molecule has 0 fully saturated rings. The molecule has 0 radical (unpaired) electrons. The van der Waals surface area contributed by atoms with E-state index in [9.17, 15) is 13.2 Å². The molecular weight excluding hydrogens is 307 g/mol. The second kappa shape index (κ2) is 6.33. The van der Waals surface area contributed by atoms with E-state index < -0.39 is 11.9 Å². The van der Waals surface area contributed by atoms with Crippen molar-refractivity contribution in [3.63, 3.8) is 0 Å². The van der Waals surface area contributed by atoms with Gasteiger partial charge in [-0.15, -0.1) is 0 Å². The van der Waals surface area contributed by atoms with Gasteiger partial charge in [0.15, 0.2) is 5.82 Å². The summed E-state index contributed by atoms with van der Waals surface area (Å²) >= 11 is 0. The molecule has 2 N–H and O–H groups in total. The largest absolute Gasteiger partial charge is 0.433 e. The Kier molecular flexibility index (Phi) is 4.24. The average Bonchev–Trinajstić information content (AvgIpc) is 2.56. The number of hydrogen-bond acceptors (Lipinski definition) is 5. The minimum atomic E-state index is -4.45. The van der Waals surface area contributed by atoms with Crippen molar-refractivity contribution in [2.45, 2.75) is 12.6 Å². The molecule has 23 heavy (non-hydrogen) atoms. The van der Waals surface area contributed by atoms with E-state index in [1.807, 2.05) is 6.08 Å². The standard InChI is InChI=1S/C15H14F3N5/c16-15(17,18)12-2-1-11(9-22-12)23-14-13(20-7-8-21-14)10-3-5-19-6-4-10/h1-3,7-9,19H,4-6H2,(H,21,23). The van der Waals surface area contributed by atoms with E-state index in [0.29, 0.717) is 17.2 Å². The zero-order chi connectivity index (χ0) is 16.3. The first-order chi connectivity index (χ1) is 11.0. The third kappa shape index (κ3) is 3.65. The van der Waals surface area contributed by atoms with Gasteiger partial charge in [-0.3, -0.25) is 4.98 Å². The van der Waals surface area contributed by atoms with Crippen molar-refractivity contribution in [1.82, 2.24) is 20.3 Å². The van der Waals surface area contributed by atoms with E-state index in [-0.39, 0.29) is 0 Å². The van der Waals surface area contributed by atoms with Gasteiger partial charge in [-0.25, -0.2) is 9.97 Å². The van der Waals surface area contributed by atoms with Gasteiger partial charge in [0.25, 0.3) is 0 Å². The maximum Gasteiger partial charge on any atom is 0.433 e. The summed E-state index contributed by atoms with van der Waals surface area (Å²) in [5.41, 5.74) is 1.26. The van der Waals surface area contributed by atoms with Crippen molar-refractivity contribution in [2.75, 3.05) is 18.4 Å². The van der Waals surface area contributed by atoms with Gasteiger partial charge in [0.1, 0.15) is 11.4 Å². The van der Waals surface area contributed by atoms with Crippen LogP contribution in [0, 0.1) is 0 Å². The van der Waals surface area contributed by atoms with E-state index in [4.69, 9.17) is 0 Å². The van der Waals surface area contributed by atoms with Gasteiger partial charge >= 0.3 is 6.18 Å². The second-order valence-corrected chi connectivity index (χ2v) is 4.99. The molecule has 5 nitrogen and oxygen atoms in total. The van der Waals surface area contributed by atoms with Crippen LogP contribution in [0.15, 0.2) is 36.8 Å². The summed E-state index contributed by atoms with van der Waals surface area (Å²) in [6.07, 6.45) is 2.66. The Bertz CT molecular complexity index is 710. The van der Waals surface area contributed by atoms with E-state index in [2.05, 4.69) is 25.6 Å². The lowest BCUT2D eigenvalue weighted by atomic mass is 10.1. The molecule has 0 spiro atoms. The number of aromatic nitrogens is 3. The highest BCUT2D eigenvalue weighted by atomic mass is 19.4. The predicted octanol–water partition coefficient (Wildman–Crippen LogP) is 3.01. The molecule has 0 saturated heterocycles. The average molecular weight is 321 g/mol. The molecule has 0 unspecified atom stereocenters. The van der Waals surface area contributed by atoms with Gasteiger partial charge in [-0.1, -0.05) is 6.08 Å². The van der Waals surface area contributed by atoms with E-state index in [1.165, 1.54) is 12.3 Å². The van der Waals surface area contributed by atoms with Crippen LogP contribution in [0.5, 0.6) is 0 Å². The molecule has 8 heteroatoms. The first-order valence-corrected chi connectivity index (χ1v) is 7.05. The van der Waals surface area contributed by atoms with Crippen LogP contribution >= 0.6 is 0 Å². The van der Waals surface area contributed by atoms with Crippen LogP contribution in [-0.2, 0) is 6.18 Å². The first-order valence-electron chi connectivity index (χ1n) is 7.05. The molecule has 3 rings (SSSR count). The molecule has 1 aliphatic rings. The third-order valence-electron chi connectivity index (χ3n) is 3.38. The monoisotopic (exact) mass is 321 g/mol. The fourth-order valence-electron chi connectivity index (χ4n) is 2.27. The van der Waals surface area contributed by atoms with Gasteiger partial charge in [0, 0.05) is 18.9 Å². The lowest BCUT2D eigenvalue weighted by Crippen LogP contribution is -2.20. The smallest absolute Gasteiger partial charge is 0.337 e. The van der Waals surface area contributed by atoms with Crippen molar-refractivity contribution in [1.29, 1.82) is 0 Å². The number of halogens is 3. The molecule has 2 aromatic heterocycles. The lowest BCUT2D eigenvalue weighted by Gasteiger charge is -2.16. The molecule has 120 valence electrons. The third-order valence-corrected chi connectivity index (χ3v) is 3.38. The highest BCUT2D eigenvalue weighted by Crippen LogP contribution is 2.29. The van der Waals surface area contributed by atoms with Gasteiger partial charge in [-0.2, -0.15) is 13.2 Å². The molecule has 0 aromatic carbocycles. The first kappa shape index (κ1) is 15.4. The minimum absolute atomic E-state index is 0.425. The fourth-order valence-corrected chi connectivity index (χ4v) is 2.27. The van der Waals surface area contributed by atoms with Gasteiger partial charge < -0.3 is 10.6 Å². The lowest BCUT2D eigenvalue weighted by molar-refractivity contribution is -0.141. The number of anilines is 2. The summed E-state index contributed by atoms with van der Waals surface area (Å²) in [6.45, 7) is 1.61. The van der Waals surface area contributed by atoms with Gasteiger partial charge in [-0.05, 0) is 30.7 Å². The number of rotatable bonds is 3. The van der Waals surface area contributed by atoms with Crippen LogP contribution in [0.1, 0.15) is 17.8 Å². The Balaban J connectivity index is 1.84. The van der Waals surface area contributed by atoms with Crippen molar-refractivity contribution in [3.8, 4) is 0 Å². The Hall–Kier alpha value is -2.48. The number of alkyl halides is 3. The summed E-state index contributed by atoms with van der Waals surface area (Å²) < 4.78 is 37.6. The summed E-state index contributed by atoms with van der Waals surface area (Å²) in [5, 5.41) is 6.20. The summed E-state index contributed by atoms with van der Waals surface area (Å²) in [6, 6.07) is 2.26. The Morgan fingerprint density at radius 3 is 2.57 bits per heavy atom. The van der Waals surface area contributed by atoms with Crippen LogP contribution in [0.2, 0.25) is 0 Å². The number of nitrogens with zero attached hydrogens (tertiary/aromatic N) is 3. The molecule has 2 aromatic rings. The second-order valence-electron chi connectivity index (χ2n) is 4.99. The number of nitrogens with one attached hydrogen (secondary N) is 2. The van der Waals surface area contributed by atoms with Crippen LogP contribution in [0.25, 0.3) is 5.57 Å². The molecule has 0 saturated carbocycles. The quantitative estimate of drug-likeness (QED) is 0.910. The van der Waals surface area contributed by atoms with E-state index in [1.54, 1.807) is 6.20 Å². The van der Waals surface area contributed by atoms with E-state index in [0.717, 1.165) is 37.3 Å². The Morgan fingerprint density at radius 1 is 1.09 bits per heavy atom. The topological polar surface area (TPSA) is 62.7 Å². The SMILES string of the molecule is FC(F)(F)c1ccc(Nc2nccnc2C2=CCNCC2)cn1. The fraction of sp³-hybridized carbons (Fsp3) is 0.267. The maximum absolute atomic E-state index is 12.5. The van der Waals surface area contributed by atoms with Crippen LogP contribution < -0.4 is 10.6 Å². The summed E-state index contributed by atoms with van der Waals surface area (Å²) in [4.78, 5) is 12.0. The molecule has 0 aliphatic carbocycles. The highest BCUT2D eigenvalue weighted by Gasteiger charge is 2.32. The van der Waals surface area contributed by atoms with Crippen LogP contribution in [-0.4, -0.2) is 28.0 Å². The van der Waals surface area contributed by atoms with Crippen molar-refractivity contribution in [3.05, 3.63) is 48.2 Å². The molecule has 1 aliphatic heterocycles. The predicted molar refractivity (Wildman–Crippen MR) is 80.0 cm³/mol. The molecule has 0 atom stereocenters. The van der Waals surface area contributed by atoms with Crippen LogP contribution in [0.3, 0.4) is 0 Å². The molecule has 3 heterocycles. The normalized spacial score (nSPS) is 15.2. The summed E-state index contributed by atoms with van der Waals surface area (Å²) in [5.74, 6) is 0.502. The zero-order valence-electron chi connectivity index (χ0n) is 12.1. The number of hydrogen-bond donors (Lipinski definition) is 2. The maximum atomic E-state index is 12.5.